The third-order valence-electron chi connectivity index (χ3n) is 2.81. The van der Waals surface area contributed by atoms with Gasteiger partial charge in [-0.05, 0) is 61.5 Å². The van der Waals surface area contributed by atoms with E-state index in [1.807, 2.05) is 31.2 Å². The molecule has 2 aromatic carbocycles. The highest BCUT2D eigenvalue weighted by Crippen LogP contribution is 2.16. The monoisotopic (exact) mass is 274 g/mol. The lowest BCUT2D eigenvalue weighted by Gasteiger charge is -2.12. The maximum Gasteiger partial charge on any atom is 0.175 e. The Hall–Kier alpha value is -1.94. The van der Waals surface area contributed by atoms with E-state index in [2.05, 4.69) is 10.6 Å². The van der Waals surface area contributed by atoms with Crippen LogP contribution >= 0.6 is 12.2 Å². The van der Waals surface area contributed by atoms with Gasteiger partial charge in [-0.1, -0.05) is 18.2 Å². The molecule has 2 rings (SSSR count). The second-order valence-electron chi connectivity index (χ2n) is 4.36. The molecule has 0 amide bonds. The minimum absolute atomic E-state index is 0.219. The summed E-state index contributed by atoms with van der Waals surface area (Å²) in [6.45, 7) is 3.73. The van der Waals surface area contributed by atoms with Crippen LogP contribution in [0.5, 0.6) is 0 Å². The summed E-state index contributed by atoms with van der Waals surface area (Å²) in [7, 11) is 0. The zero-order chi connectivity index (χ0) is 13.8. The van der Waals surface area contributed by atoms with Gasteiger partial charge in [0.25, 0.3) is 0 Å². The Morgan fingerprint density at radius 3 is 2.42 bits per heavy atom. The smallest absolute Gasteiger partial charge is 0.175 e. The lowest BCUT2D eigenvalue weighted by atomic mass is 10.2. The summed E-state index contributed by atoms with van der Waals surface area (Å²) >= 11 is 5.24. The number of hydrogen-bond donors (Lipinski definition) is 2. The van der Waals surface area contributed by atoms with Crippen LogP contribution in [-0.4, -0.2) is 5.11 Å². The molecule has 0 spiro atoms. The second kappa shape index (κ2) is 5.80. The molecular formula is C15H15FN2S. The fraction of sp³-hybridized carbons (Fsp3) is 0.133. The van der Waals surface area contributed by atoms with Crippen LogP contribution in [0.4, 0.5) is 15.8 Å². The molecule has 2 nitrogen and oxygen atoms in total. The first-order chi connectivity index (χ1) is 9.06. The van der Waals surface area contributed by atoms with Gasteiger partial charge >= 0.3 is 0 Å². The first-order valence-corrected chi connectivity index (χ1v) is 6.37. The molecule has 0 saturated carbocycles. The van der Waals surface area contributed by atoms with Crippen LogP contribution in [0.2, 0.25) is 0 Å². The van der Waals surface area contributed by atoms with E-state index in [1.165, 1.54) is 6.07 Å². The minimum atomic E-state index is -0.219. The number of rotatable bonds is 2. The predicted octanol–water partition coefficient (Wildman–Crippen LogP) is 4.25. The molecule has 2 aromatic rings. The van der Waals surface area contributed by atoms with Gasteiger partial charge in [-0.25, -0.2) is 4.39 Å². The van der Waals surface area contributed by atoms with Crippen LogP contribution in [0.1, 0.15) is 11.1 Å². The molecule has 4 heteroatoms. The van der Waals surface area contributed by atoms with Gasteiger partial charge in [0.2, 0.25) is 0 Å². The quantitative estimate of drug-likeness (QED) is 0.800. The first-order valence-electron chi connectivity index (χ1n) is 5.96. The number of thiocarbonyl (C=S) groups is 1. The third kappa shape index (κ3) is 3.51. The summed E-state index contributed by atoms with van der Waals surface area (Å²) in [6.07, 6.45) is 0. The number of benzene rings is 2. The van der Waals surface area contributed by atoms with E-state index in [0.717, 1.165) is 16.9 Å². The Bertz CT molecular complexity index is 611. The highest BCUT2D eigenvalue weighted by molar-refractivity contribution is 7.80. The first kappa shape index (κ1) is 13.5. The van der Waals surface area contributed by atoms with E-state index in [1.54, 1.807) is 19.1 Å². The molecule has 0 fully saturated rings. The summed E-state index contributed by atoms with van der Waals surface area (Å²) in [5, 5.41) is 6.65. The van der Waals surface area contributed by atoms with Crippen LogP contribution in [0, 0.1) is 19.7 Å². The number of nitrogens with one attached hydrogen (secondary N) is 2. The molecule has 2 N–H and O–H groups in total. The number of anilines is 2. The average molecular weight is 274 g/mol. The van der Waals surface area contributed by atoms with E-state index in [-0.39, 0.29) is 5.82 Å². The number of aryl methyl sites for hydroxylation is 2. The van der Waals surface area contributed by atoms with Gasteiger partial charge in [-0.2, -0.15) is 0 Å². The Balaban J connectivity index is 2.05. The van der Waals surface area contributed by atoms with Crippen LogP contribution in [0.25, 0.3) is 0 Å². The number of halogens is 1. The highest BCUT2D eigenvalue weighted by atomic mass is 32.1. The molecule has 0 radical (unpaired) electrons. The molecule has 0 aromatic heterocycles. The van der Waals surface area contributed by atoms with E-state index in [0.29, 0.717) is 10.7 Å². The van der Waals surface area contributed by atoms with Crippen molar-refractivity contribution < 1.29 is 4.39 Å². The fourth-order valence-corrected chi connectivity index (χ4v) is 1.95. The van der Waals surface area contributed by atoms with E-state index >= 15 is 0 Å². The van der Waals surface area contributed by atoms with Gasteiger partial charge in [0.15, 0.2) is 5.11 Å². The van der Waals surface area contributed by atoms with Crippen LogP contribution in [-0.2, 0) is 0 Å². The van der Waals surface area contributed by atoms with Crippen LogP contribution in [0.15, 0.2) is 42.5 Å². The van der Waals surface area contributed by atoms with Crippen molar-refractivity contribution in [2.24, 2.45) is 0 Å². The van der Waals surface area contributed by atoms with Crippen molar-refractivity contribution in [3.8, 4) is 0 Å². The van der Waals surface area contributed by atoms with Gasteiger partial charge in [-0.15, -0.1) is 0 Å². The maximum absolute atomic E-state index is 13.2. The number of para-hydroxylation sites is 1. The molecule has 0 atom stereocenters. The zero-order valence-electron chi connectivity index (χ0n) is 10.8. The van der Waals surface area contributed by atoms with Gasteiger partial charge in [0.05, 0.1) is 0 Å². The van der Waals surface area contributed by atoms with Crippen molar-refractivity contribution in [1.29, 1.82) is 0 Å². The topological polar surface area (TPSA) is 24.1 Å². The zero-order valence-corrected chi connectivity index (χ0v) is 11.6. The largest absolute Gasteiger partial charge is 0.332 e. The Morgan fingerprint density at radius 2 is 1.74 bits per heavy atom. The maximum atomic E-state index is 13.2. The molecule has 0 aliphatic heterocycles. The molecule has 0 bridgehead atoms. The fourth-order valence-electron chi connectivity index (χ4n) is 1.72. The summed E-state index contributed by atoms with van der Waals surface area (Å²) < 4.78 is 13.2. The summed E-state index contributed by atoms with van der Waals surface area (Å²) in [5.74, 6) is -0.219. The molecule has 98 valence electrons. The van der Waals surface area contributed by atoms with Crippen LogP contribution < -0.4 is 10.6 Å². The van der Waals surface area contributed by atoms with Gasteiger partial charge in [0.1, 0.15) is 5.82 Å². The van der Waals surface area contributed by atoms with E-state index in [4.69, 9.17) is 12.2 Å². The summed E-state index contributed by atoms with van der Waals surface area (Å²) in [5.41, 5.74) is 3.43. The standard InChI is InChI=1S/C15H15FN2S/c1-10-5-3-4-6-14(10)18-15(19)17-12-7-8-13(16)11(2)9-12/h3-9H,1-2H3,(H2,17,18,19). The second-order valence-corrected chi connectivity index (χ2v) is 4.77. The van der Waals surface area contributed by atoms with Crippen molar-refractivity contribution in [3.63, 3.8) is 0 Å². The summed E-state index contributed by atoms with van der Waals surface area (Å²) in [4.78, 5) is 0. The average Bonchev–Trinajstić information content (AvgIpc) is 2.37. The molecule has 19 heavy (non-hydrogen) atoms. The molecule has 0 aliphatic rings. The van der Waals surface area contributed by atoms with Crippen LogP contribution in [0.3, 0.4) is 0 Å². The van der Waals surface area contributed by atoms with Crippen molar-refractivity contribution in [2.45, 2.75) is 13.8 Å². The molecule has 0 aliphatic carbocycles. The predicted molar refractivity (Wildman–Crippen MR) is 82.2 cm³/mol. The van der Waals surface area contributed by atoms with E-state index in [9.17, 15) is 4.39 Å². The van der Waals surface area contributed by atoms with Crippen molar-refractivity contribution in [3.05, 3.63) is 59.4 Å². The molecule has 0 unspecified atom stereocenters. The normalized spacial score (nSPS) is 10.1. The van der Waals surface area contributed by atoms with Crippen molar-refractivity contribution in [1.82, 2.24) is 0 Å². The summed E-state index contributed by atoms with van der Waals surface area (Å²) in [6, 6.07) is 12.7. The highest BCUT2D eigenvalue weighted by Gasteiger charge is 2.03. The number of hydrogen-bond acceptors (Lipinski definition) is 1. The Morgan fingerprint density at radius 1 is 1.00 bits per heavy atom. The Kier molecular flexibility index (Phi) is 4.12. The SMILES string of the molecule is Cc1cc(NC(=S)Nc2ccccc2C)ccc1F. The van der Waals surface area contributed by atoms with E-state index < -0.39 is 0 Å². The lowest BCUT2D eigenvalue weighted by molar-refractivity contribution is 0.619. The minimum Gasteiger partial charge on any atom is -0.332 e. The molecule has 0 saturated heterocycles. The Labute approximate surface area is 117 Å². The van der Waals surface area contributed by atoms with Gasteiger partial charge in [0, 0.05) is 11.4 Å². The van der Waals surface area contributed by atoms with Gasteiger partial charge < -0.3 is 10.6 Å². The third-order valence-corrected chi connectivity index (χ3v) is 3.01. The lowest BCUT2D eigenvalue weighted by Crippen LogP contribution is -2.19. The van der Waals surface area contributed by atoms with Gasteiger partial charge in [-0.3, -0.25) is 0 Å². The van der Waals surface area contributed by atoms with Crippen molar-refractivity contribution in [2.75, 3.05) is 10.6 Å². The molecule has 0 heterocycles. The van der Waals surface area contributed by atoms with Crippen molar-refractivity contribution >= 4 is 28.7 Å². The molecular weight excluding hydrogens is 259 g/mol.